The Kier molecular flexibility index (Phi) is 3.86. The minimum Gasteiger partial charge on any atom is -0.351 e. The lowest BCUT2D eigenvalue weighted by Gasteiger charge is -2.08. The summed E-state index contributed by atoms with van der Waals surface area (Å²) in [4.78, 5) is 14.9. The van der Waals surface area contributed by atoms with Crippen molar-refractivity contribution < 1.29 is 17.9 Å². The smallest absolute Gasteiger partial charge is 0.351 e. The van der Waals surface area contributed by atoms with Gasteiger partial charge in [-0.15, -0.1) is 0 Å². The number of hydrogen-bond donors (Lipinski definition) is 0. The molecule has 15 heavy (non-hydrogen) atoms. The van der Waals surface area contributed by atoms with Crippen molar-refractivity contribution in [2.75, 3.05) is 6.61 Å². The van der Waals surface area contributed by atoms with Gasteiger partial charge in [-0.1, -0.05) is 0 Å². The van der Waals surface area contributed by atoms with E-state index in [1.807, 2.05) is 0 Å². The number of halogens is 4. The van der Waals surface area contributed by atoms with E-state index < -0.39 is 25.1 Å². The summed E-state index contributed by atoms with van der Waals surface area (Å²) in [5.41, 5.74) is -0.493. The van der Waals surface area contributed by atoms with Crippen LogP contribution in [0.15, 0.2) is 21.8 Å². The van der Waals surface area contributed by atoms with Crippen molar-refractivity contribution >= 4 is 15.9 Å². The molecule has 1 aromatic rings. The van der Waals surface area contributed by atoms with Gasteiger partial charge in [-0.3, -0.25) is 9.36 Å². The van der Waals surface area contributed by atoms with Gasteiger partial charge in [-0.05, 0) is 15.9 Å². The number of rotatable bonds is 3. The van der Waals surface area contributed by atoms with Crippen molar-refractivity contribution in [3.8, 4) is 0 Å². The lowest BCUT2D eigenvalue weighted by Crippen LogP contribution is -2.25. The number of nitrogens with zero attached hydrogens (tertiary/aromatic N) is 2. The standard InChI is InChI=1S/C7H6BrF3N2O2/c8-5-1-12-3-13(6(5)14)4-15-2-7(9,10)11/h1,3H,2,4H2. The zero-order valence-electron chi connectivity index (χ0n) is 7.29. The average Bonchev–Trinajstić information content (AvgIpc) is 2.10. The second-order valence-corrected chi connectivity index (χ2v) is 3.46. The predicted octanol–water partition coefficient (Wildman–Crippen LogP) is 1.54. The normalized spacial score (nSPS) is 11.7. The molecule has 0 aromatic carbocycles. The Morgan fingerprint density at radius 2 is 2.20 bits per heavy atom. The summed E-state index contributed by atoms with van der Waals surface area (Å²) >= 11 is 2.90. The van der Waals surface area contributed by atoms with Crippen LogP contribution in [0.5, 0.6) is 0 Å². The maximum absolute atomic E-state index is 11.7. The molecule has 0 aliphatic rings. The van der Waals surface area contributed by atoms with Crippen molar-refractivity contribution in [2.45, 2.75) is 12.9 Å². The Hall–Kier alpha value is -0.890. The number of ether oxygens (including phenoxy) is 1. The van der Waals surface area contributed by atoms with E-state index >= 15 is 0 Å². The minimum atomic E-state index is -4.40. The highest BCUT2D eigenvalue weighted by atomic mass is 79.9. The molecular weight excluding hydrogens is 281 g/mol. The van der Waals surface area contributed by atoms with E-state index in [2.05, 4.69) is 25.7 Å². The van der Waals surface area contributed by atoms with Crippen LogP contribution < -0.4 is 5.56 Å². The van der Waals surface area contributed by atoms with Gasteiger partial charge in [0, 0.05) is 6.20 Å². The first-order valence-corrected chi connectivity index (χ1v) is 4.54. The third-order valence-electron chi connectivity index (χ3n) is 1.36. The first kappa shape index (κ1) is 12.2. The van der Waals surface area contributed by atoms with Gasteiger partial charge in [0.1, 0.15) is 17.8 Å². The zero-order chi connectivity index (χ0) is 11.5. The van der Waals surface area contributed by atoms with Gasteiger partial charge < -0.3 is 4.74 Å². The molecule has 0 aliphatic heterocycles. The van der Waals surface area contributed by atoms with Gasteiger partial charge in [0.15, 0.2) is 0 Å². The molecule has 84 valence electrons. The number of aromatic nitrogens is 2. The topological polar surface area (TPSA) is 44.1 Å². The summed E-state index contributed by atoms with van der Waals surface area (Å²) in [5, 5.41) is 0. The summed E-state index contributed by atoms with van der Waals surface area (Å²) in [6.07, 6.45) is -2.05. The summed E-state index contributed by atoms with van der Waals surface area (Å²) in [5.74, 6) is 0. The monoisotopic (exact) mass is 286 g/mol. The van der Waals surface area contributed by atoms with Crippen LogP contribution in [-0.4, -0.2) is 22.3 Å². The van der Waals surface area contributed by atoms with E-state index in [4.69, 9.17) is 0 Å². The fourth-order valence-electron chi connectivity index (χ4n) is 0.776. The first-order chi connectivity index (χ1) is 6.90. The van der Waals surface area contributed by atoms with Crippen LogP contribution in [-0.2, 0) is 11.5 Å². The lowest BCUT2D eigenvalue weighted by molar-refractivity contribution is -0.182. The minimum absolute atomic E-state index is 0.167. The zero-order valence-corrected chi connectivity index (χ0v) is 8.88. The summed E-state index contributed by atoms with van der Waals surface area (Å²) in [6.45, 7) is -1.88. The molecule has 4 nitrogen and oxygen atoms in total. The summed E-state index contributed by atoms with van der Waals surface area (Å²) in [7, 11) is 0. The van der Waals surface area contributed by atoms with Crippen LogP contribution in [0.4, 0.5) is 13.2 Å². The van der Waals surface area contributed by atoms with Crippen molar-refractivity contribution in [3.63, 3.8) is 0 Å². The Morgan fingerprint density at radius 1 is 1.53 bits per heavy atom. The fraction of sp³-hybridized carbons (Fsp3) is 0.429. The molecule has 0 radical (unpaired) electrons. The molecule has 0 aliphatic carbocycles. The van der Waals surface area contributed by atoms with Crippen LogP contribution in [0.3, 0.4) is 0 Å². The molecule has 0 unspecified atom stereocenters. The quantitative estimate of drug-likeness (QED) is 0.847. The molecule has 8 heteroatoms. The summed E-state index contributed by atoms with van der Waals surface area (Å²) < 4.78 is 40.5. The molecule has 1 heterocycles. The first-order valence-electron chi connectivity index (χ1n) is 3.74. The predicted molar refractivity (Wildman–Crippen MR) is 48.2 cm³/mol. The van der Waals surface area contributed by atoms with Crippen LogP contribution in [0.1, 0.15) is 0 Å². The van der Waals surface area contributed by atoms with E-state index in [0.717, 1.165) is 10.9 Å². The number of hydrogen-bond acceptors (Lipinski definition) is 3. The molecule has 0 amide bonds. The molecule has 0 atom stereocenters. The number of alkyl halides is 3. The highest BCUT2D eigenvalue weighted by Crippen LogP contribution is 2.14. The van der Waals surface area contributed by atoms with E-state index in [1.54, 1.807) is 0 Å². The van der Waals surface area contributed by atoms with Gasteiger partial charge in [0.05, 0.1) is 6.33 Å². The molecular formula is C7H6BrF3N2O2. The van der Waals surface area contributed by atoms with Gasteiger partial charge in [-0.25, -0.2) is 4.98 Å². The lowest BCUT2D eigenvalue weighted by atomic mass is 10.6. The Balaban J connectivity index is 2.59. The fourth-order valence-corrected chi connectivity index (χ4v) is 1.12. The second kappa shape index (κ2) is 4.75. The molecule has 0 spiro atoms. The van der Waals surface area contributed by atoms with Crippen molar-refractivity contribution in [2.24, 2.45) is 0 Å². The molecule has 0 bridgehead atoms. The summed E-state index contributed by atoms with van der Waals surface area (Å²) in [6, 6.07) is 0. The Labute approximate surface area is 90.8 Å². The maximum atomic E-state index is 11.7. The van der Waals surface area contributed by atoms with E-state index in [0.29, 0.717) is 0 Å². The van der Waals surface area contributed by atoms with E-state index in [-0.39, 0.29) is 4.47 Å². The second-order valence-electron chi connectivity index (χ2n) is 2.61. The molecule has 0 saturated carbocycles. The van der Waals surface area contributed by atoms with Crippen molar-refractivity contribution in [1.82, 2.24) is 9.55 Å². The Morgan fingerprint density at radius 3 is 2.80 bits per heavy atom. The van der Waals surface area contributed by atoms with Gasteiger partial charge in [0.2, 0.25) is 0 Å². The van der Waals surface area contributed by atoms with Crippen LogP contribution in [0.2, 0.25) is 0 Å². The van der Waals surface area contributed by atoms with Crippen molar-refractivity contribution in [3.05, 3.63) is 27.4 Å². The van der Waals surface area contributed by atoms with Crippen LogP contribution in [0, 0.1) is 0 Å². The third-order valence-corrected chi connectivity index (χ3v) is 1.90. The van der Waals surface area contributed by atoms with Crippen molar-refractivity contribution in [1.29, 1.82) is 0 Å². The molecule has 1 aromatic heterocycles. The highest BCUT2D eigenvalue weighted by Gasteiger charge is 2.27. The molecule has 0 N–H and O–H groups in total. The molecule has 1 rings (SSSR count). The van der Waals surface area contributed by atoms with Gasteiger partial charge in [-0.2, -0.15) is 13.2 Å². The average molecular weight is 287 g/mol. The maximum Gasteiger partial charge on any atom is 0.411 e. The molecule has 0 fully saturated rings. The Bertz CT molecular complexity index is 391. The largest absolute Gasteiger partial charge is 0.411 e. The van der Waals surface area contributed by atoms with Crippen LogP contribution in [0.25, 0.3) is 0 Å². The van der Waals surface area contributed by atoms with Gasteiger partial charge >= 0.3 is 6.18 Å². The van der Waals surface area contributed by atoms with Crippen LogP contribution >= 0.6 is 15.9 Å². The SMILES string of the molecule is O=c1c(Br)cncn1COCC(F)(F)F. The van der Waals surface area contributed by atoms with E-state index in [1.165, 1.54) is 6.20 Å². The van der Waals surface area contributed by atoms with Gasteiger partial charge in [0.25, 0.3) is 5.56 Å². The third kappa shape index (κ3) is 4.00. The highest BCUT2D eigenvalue weighted by molar-refractivity contribution is 9.10. The molecule has 0 saturated heterocycles. The van der Waals surface area contributed by atoms with E-state index in [9.17, 15) is 18.0 Å².